The van der Waals surface area contributed by atoms with E-state index in [1.54, 1.807) is 30.9 Å². The summed E-state index contributed by atoms with van der Waals surface area (Å²) < 4.78 is 0. The van der Waals surface area contributed by atoms with Gasteiger partial charge in [-0.1, -0.05) is 6.07 Å². The molecule has 0 spiro atoms. The van der Waals surface area contributed by atoms with Crippen molar-refractivity contribution in [1.29, 1.82) is 0 Å². The molecule has 0 saturated carbocycles. The number of carbonyl (C=O) groups is 1. The molecule has 1 aliphatic rings. The number of amides is 1. The van der Waals surface area contributed by atoms with Gasteiger partial charge >= 0.3 is 0 Å². The minimum Gasteiger partial charge on any atom is -0.508 e. The van der Waals surface area contributed by atoms with Gasteiger partial charge in [0, 0.05) is 18.7 Å². The van der Waals surface area contributed by atoms with Gasteiger partial charge in [0.15, 0.2) is 0 Å². The van der Waals surface area contributed by atoms with E-state index in [1.807, 2.05) is 0 Å². The van der Waals surface area contributed by atoms with Gasteiger partial charge in [0.05, 0.1) is 5.60 Å². The molecule has 4 nitrogen and oxygen atoms in total. The van der Waals surface area contributed by atoms with Gasteiger partial charge in [0.25, 0.3) is 5.91 Å². The van der Waals surface area contributed by atoms with E-state index < -0.39 is 5.60 Å². The van der Waals surface area contributed by atoms with E-state index >= 15 is 0 Å². The fraction of sp³-hybridized carbons (Fsp3) is 0.500. The number of piperidine rings is 1. The summed E-state index contributed by atoms with van der Waals surface area (Å²) in [6, 6.07) is 4.92. The Balaban J connectivity index is 2.18. The lowest BCUT2D eigenvalue weighted by Gasteiger charge is -2.36. The van der Waals surface area contributed by atoms with Crippen LogP contribution in [-0.4, -0.2) is 39.7 Å². The molecule has 0 aliphatic carbocycles. The summed E-state index contributed by atoms with van der Waals surface area (Å²) in [6.07, 6.45) is 1.52. The molecule has 1 saturated heterocycles. The van der Waals surface area contributed by atoms with Crippen LogP contribution in [0.1, 0.15) is 35.7 Å². The summed E-state index contributed by atoms with van der Waals surface area (Å²) in [6.45, 7) is 4.54. The van der Waals surface area contributed by atoms with Crippen LogP contribution in [0.3, 0.4) is 0 Å². The van der Waals surface area contributed by atoms with E-state index in [9.17, 15) is 15.0 Å². The van der Waals surface area contributed by atoms with Crippen molar-refractivity contribution in [2.75, 3.05) is 13.1 Å². The summed E-state index contributed by atoms with van der Waals surface area (Å²) in [5.41, 5.74) is 0.411. The summed E-state index contributed by atoms with van der Waals surface area (Å²) in [5.74, 6) is -0.00473. The standard InChI is InChI=1S/C14H19NO3/c1-10-4-5-11(8-12(10)16)13(17)15-7-3-6-14(2,18)9-15/h4-5,8,16,18H,3,6-7,9H2,1-2H3. The average molecular weight is 249 g/mol. The highest BCUT2D eigenvalue weighted by atomic mass is 16.3. The molecule has 18 heavy (non-hydrogen) atoms. The quantitative estimate of drug-likeness (QED) is 0.796. The van der Waals surface area contributed by atoms with Gasteiger partial charge in [0.1, 0.15) is 5.75 Å². The number of hydrogen-bond acceptors (Lipinski definition) is 3. The first-order valence-corrected chi connectivity index (χ1v) is 6.20. The molecule has 4 heteroatoms. The van der Waals surface area contributed by atoms with Crippen molar-refractivity contribution in [3.63, 3.8) is 0 Å². The van der Waals surface area contributed by atoms with Crippen molar-refractivity contribution in [2.45, 2.75) is 32.3 Å². The van der Waals surface area contributed by atoms with Crippen molar-refractivity contribution in [3.8, 4) is 5.75 Å². The number of rotatable bonds is 1. The SMILES string of the molecule is Cc1ccc(C(=O)N2CCCC(C)(O)C2)cc1O. The third kappa shape index (κ3) is 2.64. The smallest absolute Gasteiger partial charge is 0.254 e. The molecule has 98 valence electrons. The summed E-state index contributed by atoms with van der Waals surface area (Å²) in [5, 5.41) is 19.6. The van der Waals surface area contributed by atoms with Gasteiger partial charge in [-0.25, -0.2) is 0 Å². The highest BCUT2D eigenvalue weighted by Gasteiger charge is 2.31. The van der Waals surface area contributed by atoms with Crippen LogP contribution in [0.4, 0.5) is 0 Å². The van der Waals surface area contributed by atoms with Crippen LogP contribution >= 0.6 is 0 Å². The lowest BCUT2D eigenvalue weighted by Crippen LogP contribution is -2.48. The van der Waals surface area contributed by atoms with Crippen molar-refractivity contribution in [1.82, 2.24) is 4.90 Å². The Hall–Kier alpha value is -1.55. The molecule has 1 aromatic rings. The monoisotopic (exact) mass is 249 g/mol. The van der Waals surface area contributed by atoms with Crippen LogP contribution in [0.2, 0.25) is 0 Å². The first-order chi connectivity index (χ1) is 8.39. The maximum Gasteiger partial charge on any atom is 0.254 e. The summed E-state index contributed by atoms with van der Waals surface area (Å²) in [4.78, 5) is 13.9. The van der Waals surface area contributed by atoms with E-state index in [4.69, 9.17) is 0 Å². The zero-order valence-electron chi connectivity index (χ0n) is 10.8. The van der Waals surface area contributed by atoms with Crippen molar-refractivity contribution >= 4 is 5.91 Å². The molecule has 2 rings (SSSR count). The second kappa shape index (κ2) is 4.61. The van der Waals surface area contributed by atoms with Gasteiger partial charge in [0.2, 0.25) is 0 Å². The number of likely N-dealkylation sites (tertiary alicyclic amines) is 1. The summed E-state index contributed by atoms with van der Waals surface area (Å²) >= 11 is 0. The fourth-order valence-electron chi connectivity index (χ4n) is 2.32. The highest BCUT2D eigenvalue weighted by molar-refractivity contribution is 5.94. The van der Waals surface area contributed by atoms with Gasteiger partial charge in [-0.3, -0.25) is 4.79 Å². The van der Waals surface area contributed by atoms with Crippen LogP contribution < -0.4 is 0 Å². The van der Waals surface area contributed by atoms with E-state index in [-0.39, 0.29) is 11.7 Å². The topological polar surface area (TPSA) is 60.8 Å². The van der Waals surface area contributed by atoms with Crippen LogP contribution in [0.25, 0.3) is 0 Å². The molecule has 1 heterocycles. The first-order valence-electron chi connectivity index (χ1n) is 6.20. The molecular weight excluding hydrogens is 230 g/mol. The normalized spacial score (nSPS) is 24.1. The number of aromatic hydroxyl groups is 1. The number of nitrogens with zero attached hydrogens (tertiary/aromatic N) is 1. The molecule has 1 aromatic carbocycles. The van der Waals surface area contributed by atoms with Gasteiger partial charge in [-0.15, -0.1) is 0 Å². The highest BCUT2D eigenvalue weighted by Crippen LogP contribution is 2.23. The van der Waals surface area contributed by atoms with E-state index in [1.165, 1.54) is 6.07 Å². The minimum atomic E-state index is -0.805. The molecule has 1 amide bonds. The molecule has 1 unspecified atom stereocenters. The van der Waals surface area contributed by atoms with E-state index in [0.717, 1.165) is 18.4 Å². The van der Waals surface area contributed by atoms with Gasteiger partial charge < -0.3 is 15.1 Å². The van der Waals surface area contributed by atoms with Crippen molar-refractivity contribution < 1.29 is 15.0 Å². The van der Waals surface area contributed by atoms with Crippen LogP contribution in [0.5, 0.6) is 5.75 Å². The Labute approximate surface area is 107 Å². The Kier molecular flexibility index (Phi) is 3.30. The minimum absolute atomic E-state index is 0.129. The predicted octanol–water partition coefficient (Wildman–Crippen LogP) is 1.69. The van der Waals surface area contributed by atoms with E-state index in [2.05, 4.69) is 0 Å². The second-order valence-electron chi connectivity index (χ2n) is 5.33. The molecule has 0 radical (unpaired) electrons. The Morgan fingerprint density at radius 2 is 2.17 bits per heavy atom. The predicted molar refractivity (Wildman–Crippen MR) is 68.6 cm³/mol. The molecule has 2 N–H and O–H groups in total. The van der Waals surface area contributed by atoms with Gasteiger partial charge in [-0.05, 0) is 44.4 Å². The molecule has 1 fully saturated rings. The lowest BCUT2D eigenvalue weighted by molar-refractivity contribution is -0.0107. The maximum atomic E-state index is 12.3. The molecule has 1 atom stereocenters. The van der Waals surface area contributed by atoms with Gasteiger partial charge in [-0.2, -0.15) is 0 Å². The number of phenols is 1. The zero-order chi connectivity index (χ0) is 13.3. The number of aliphatic hydroxyl groups is 1. The number of β-amino-alcohol motifs (C(OH)–C–C–N with tert-alkyl or cyclic N) is 1. The largest absolute Gasteiger partial charge is 0.508 e. The maximum absolute atomic E-state index is 12.3. The number of carbonyl (C=O) groups excluding carboxylic acids is 1. The summed E-state index contributed by atoms with van der Waals surface area (Å²) in [7, 11) is 0. The van der Waals surface area contributed by atoms with E-state index in [0.29, 0.717) is 18.7 Å². The first kappa shape index (κ1) is 12.9. The Morgan fingerprint density at radius 1 is 1.44 bits per heavy atom. The fourth-order valence-corrected chi connectivity index (χ4v) is 2.32. The third-order valence-corrected chi connectivity index (χ3v) is 3.42. The zero-order valence-corrected chi connectivity index (χ0v) is 10.8. The number of aryl methyl sites for hydroxylation is 1. The number of phenolic OH excluding ortho intramolecular Hbond substituents is 1. The van der Waals surface area contributed by atoms with Crippen LogP contribution in [-0.2, 0) is 0 Å². The number of benzene rings is 1. The molecule has 0 aromatic heterocycles. The molecule has 0 bridgehead atoms. The average Bonchev–Trinajstić information content (AvgIpc) is 2.30. The Bertz CT molecular complexity index is 468. The second-order valence-corrected chi connectivity index (χ2v) is 5.33. The lowest BCUT2D eigenvalue weighted by atomic mass is 9.94. The molecular formula is C14H19NO3. The van der Waals surface area contributed by atoms with Crippen LogP contribution in [0, 0.1) is 6.92 Å². The van der Waals surface area contributed by atoms with Crippen LogP contribution in [0.15, 0.2) is 18.2 Å². The molecule has 1 aliphatic heterocycles. The van der Waals surface area contributed by atoms with Crippen molar-refractivity contribution in [2.24, 2.45) is 0 Å². The Morgan fingerprint density at radius 3 is 2.78 bits per heavy atom. The third-order valence-electron chi connectivity index (χ3n) is 3.42. The van der Waals surface area contributed by atoms with Crippen molar-refractivity contribution in [3.05, 3.63) is 29.3 Å². The number of hydrogen-bond donors (Lipinski definition) is 2.